The van der Waals surface area contributed by atoms with E-state index in [0.717, 1.165) is 25.8 Å². The number of nitrogens with one attached hydrogen (secondary N) is 1. The quantitative estimate of drug-likeness (QED) is 0.822. The zero-order valence-electron chi connectivity index (χ0n) is 10.9. The Labute approximate surface area is 120 Å². The van der Waals surface area contributed by atoms with E-state index in [2.05, 4.69) is 10.3 Å². The summed E-state index contributed by atoms with van der Waals surface area (Å²) in [5.41, 5.74) is 0.160. The first-order chi connectivity index (χ1) is 9.66. The summed E-state index contributed by atoms with van der Waals surface area (Å²) in [4.78, 5) is 16.8. The minimum Gasteiger partial charge on any atom is -0.315 e. The van der Waals surface area contributed by atoms with E-state index in [-0.39, 0.29) is 22.3 Å². The number of rotatable bonds is 1. The number of benzene rings is 1. The van der Waals surface area contributed by atoms with Crippen LogP contribution in [0.3, 0.4) is 0 Å². The summed E-state index contributed by atoms with van der Waals surface area (Å²) in [6.45, 7) is 1.63. The highest BCUT2D eigenvalue weighted by atomic mass is 35.5. The van der Waals surface area contributed by atoms with Crippen LogP contribution in [0.4, 0.5) is 4.39 Å². The van der Waals surface area contributed by atoms with Crippen LogP contribution in [0, 0.1) is 5.82 Å². The summed E-state index contributed by atoms with van der Waals surface area (Å²) in [6.07, 6.45) is 2.98. The van der Waals surface area contributed by atoms with E-state index in [1.165, 1.54) is 22.8 Å². The molecule has 3 rings (SSSR count). The van der Waals surface area contributed by atoms with E-state index >= 15 is 0 Å². The highest BCUT2D eigenvalue weighted by molar-refractivity contribution is 6.28. The fourth-order valence-electron chi connectivity index (χ4n) is 2.68. The van der Waals surface area contributed by atoms with Gasteiger partial charge in [0.15, 0.2) is 0 Å². The standard InChI is InChI=1S/C14H15ClFN3O/c15-14-18-12-5-4-9(16)7-11(12)13(20)19(14)10-3-1-2-6-17-8-10/h4-5,7,10,17H,1-3,6,8H2. The number of halogens is 2. The van der Waals surface area contributed by atoms with Crippen LogP contribution in [0.25, 0.3) is 10.9 Å². The molecule has 0 aliphatic carbocycles. The lowest BCUT2D eigenvalue weighted by molar-refractivity contribution is 0.447. The predicted octanol–water partition coefficient (Wildman–Crippen LogP) is 2.50. The second kappa shape index (κ2) is 5.50. The Morgan fingerprint density at radius 2 is 2.25 bits per heavy atom. The van der Waals surface area contributed by atoms with Gasteiger partial charge >= 0.3 is 0 Å². The molecule has 1 unspecified atom stereocenters. The first kappa shape index (κ1) is 13.5. The van der Waals surface area contributed by atoms with Crippen molar-refractivity contribution < 1.29 is 4.39 Å². The van der Waals surface area contributed by atoms with Crippen LogP contribution in [0.15, 0.2) is 23.0 Å². The number of hydrogen-bond acceptors (Lipinski definition) is 3. The van der Waals surface area contributed by atoms with Crippen molar-refractivity contribution in [2.24, 2.45) is 0 Å². The summed E-state index contributed by atoms with van der Waals surface area (Å²) in [5, 5.41) is 3.74. The van der Waals surface area contributed by atoms with E-state index in [9.17, 15) is 9.18 Å². The Bertz CT molecular complexity index is 693. The molecule has 1 atom stereocenters. The predicted molar refractivity (Wildman–Crippen MR) is 76.7 cm³/mol. The van der Waals surface area contributed by atoms with E-state index in [4.69, 9.17) is 11.6 Å². The van der Waals surface area contributed by atoms with Gasteiger partial charge in [0, 0.05) is 6.54 Å². The number of fused-ring (bicyclic) bond motifs is 1. The molecule has 4 nitrogen and oxygen atoms in total. The van der Waals surface area contributed by atoms with Crippen molar-refractivity contribution >= 4 is 22.5 Å². The van der Waals surface area contributed by atoms with Gasteiger partial charge in [-0.15, -0.1) is 0 Å². The molecule has 0 amide bonds. The highest BCUT2D eigenvalue weighted by Gasteiger charge is 2.20. The van der Waals surface area contributed by atoms with Gasteiger partial charge in [-0.05, 0) is 49.2 Å². The van der Waals surface area contributed by atoms with Crippen LogP contribution < -0.4 is 10.9 Å². The molecule has 0 radical (unpaired) electrons. The zero-order chi connectivity index (χ0) is 14.1. The molecule has 0 bridgehead atoms. The summed E-state index contributed by atoms with van der Waals surface area (Å²) in [5.74, 6) is -0.440. The van der Waals surface area contributed by atoms with Crippen LogP contribution >= 0.6 is 11.6 Å². The second-order valence-electron chi connectivity index (χ2n) is 5.07. The SMILES string of the molecule is O=c1c2cc(F)ccc2nc(Cl)n1C1CCCCNC1. The maximum atomic E-state index is 13.3. The molecule has 6 heteroatoms. The average molecular weight is 296 g/mol. The normalized spacial score (nSPS) is 20.0. The second-order valence-corrected chi connectivity index (χ2v) is 5.41. The van der Waals surface area contributed by atoms with Crippen molar-refractivity contribution in [3.05, 3.63) is 39.7 Å². The van der Waals surface area contributed by atoms with Crippen molar-refractivity contribution in [3.63, 3.8) is 0 Å². The van der Waals surface area contributed by atoms with E-state index in [1.807, 2.05) is 0 Å². The third-order valence-electron chi connectivity index (χ3n) is 3.71. The molecule has 0 saturated carbocycles. The van der Waals surface area contributed by atoms with Crippen molar-refractivity contribution in [1.29, 1.82) is 0 Å². The minimum atomic E-state index is -0.440. The lowest BCUT2D eigenvalue weighted by atomic mass is 10.1. The van der Waals surface area contributed by atoms with Crippen molar-refractivity contribution in [3.8, 4) is 0 Å². The summed E-state index contributed by atoms with van der Waals surface area (Å²) in [7, 11) is 0. The topological polar surface area (TPSA) is 46.9 Å². The molecule has 1 aliphatic heterocycles. The van der Waals surface area contributed by atoms with Gasteiger partial charge in [0.25, 0.3) is 5.56 Å². The molecule has 2 heterocycles. The molecular formula is C14H15ClFN3O. The van der Waals surface area contributed by atoms with Crippen molar-refractivity contribution in [2.75, 3.05) is 13.1 Å². The lowest BCUT2D eigenvalue weighted by Gasteiger charge is -2.19. The Hall–Kier alpha value is -1.46. The number of hydrogen-bond donors (Lipinski definition) is 1. The average Bonchev–Trinajstić information content (AvgIpc) is 2.69. The molecule has 1 fully saturated rings. The van der Waals surface area contributed by atoms with Crippen molar-refractivity contribution in [1.82, 2.24) is 14.9 Å². The van der Waals surface area contributed by atoms with Gasteiger partial charge in [-0.3, -0.25) is 9.36 Å². The fraction of sp³-hybridized carbons (Fsp3) is 0.429. The highest BCUT2D eigenvalue weighted by Crippen LogP contribution is 2.21. The van der Waals surface area contributed by atoms with E-state index < -0.39 is 5.82 Å². The van der Waals surface area contributed by atoms with Gasteiger partial charge < -0.3 is 5.32 Å². The molecule has 1 aliphatic rings. The monoisotopic (exact) mass is 295 g/mol. The molecule has 20 heavy (non-hydrogen) atoms. The van der Waals surface area contributed by atoms with Gasteiger partial charge in [-0.1, -0.05) is 6.42 Å². The molecule has 106 valence electrons. The van der Waals surface area contributed by atoms with Crippen LogP contribution in [-0.4, -0.2) is 22.6 Å². The molecule has 1 aromatic carbocycles. The lowest BCUT2D eigenvalue weighted by Crippen LogP contribution is -2.32. The molecular weight excluding hydrogens is 281 g/mol. The van der Waals surface area contributed by atoms with E-state index in [1.54, 1.807) is 0 Å². The summed E-state index contributed by atoms with van der Waals surface area (Å²) >= 11 is 6.17. The van der Waals surface area contributed by atoms with Crippen LogP contribution in [0.1, 0.15) is 25.3 Å². The third kappa shape index (κ3) is 2.43. The zero-order valence-corrected chi connectivity index (χ0v) is 11.7. The van der Waals surface area contributed by atoms with E-state index in [0.29, 0.717) is 12.1 Å². The molecule has 1 N–H and O–H groups in total. The van der Waals surface area contributed by atoms with Crippen LogP contribution in [0.2, 0.25) is 5.28 Å². The molecule has 1 saturated heterocycles. The third-order valence-corrected chi connectivity index (χ3v) is 3.97. The van der Waals surface area contributed by atoms with Gasteiger partial charge in [0.1, 0.15) is 5.82 Å². The largest absolute Gasteiger partial charge is 0.315 e. The first-order valence-electron chi connectivity index (χ1n) is 6.75. The summed E-state index contributed by atoms with van der Waals surface area (Å²) < 4.78 is 14.8. The van der Waals surface area contributed by atoms with Gasteiger partial charge in [-0.2, -0.15) is 0 Å². The van der Waals surface area contributed by atoms with Gasteiger partial charge in [0.2, 0.25) is 5.28 Å². The van der Waals surface area contributed by atoms with Crippen LogP contribution in [-0.2, 0) is 0 Å². The fourth-order valence-corrected chi connectivity index (χ4v) is 2.99. The van der Waals surface area contributed by atoms with Gasteiger partial charge in [0.05, 0.1) is 16.9 Å². The van der Waals surface area contributed by atoms with Crippen LogP contribution in [0.5, 0.6) is 0 Å². The Balaban J connectivity index is 2.16. The Morgan fingerprint density at radius 1 is 1.40 bits per heavy atom. The number of nitrogens with zero attached hydrogens (tertiary/aromatic N) is 2. The molecule has 2 aromatic rings. The molecule has 1 aromatic heterocycles. The maximum absolute atomic E-state index is 13.3. The maximum Gasteiger partial charge on any atom is 0.262 e. The first-order valence-corrected chi connectivity index (χ1v) is 7.12. The van der Waals surface area contributed by atoms with Crippen molar-refractivity contribution in [2.45, 2.75) is 25.3 Å². The minimum absolute atomic E-state index is 0.0299. The number of aromatic nitrogens is 2. The Morgan fingerprint density at radius 3 is 3.10 bits per heavy atom. The summed E-state index contributed by atoms with van der Waals surface area (Å²) in [6, 6.07) is 3.95. The van der Waals surface area contributed by atoms with Gasteiger partial charge in [-0.25, -0.2) is 9.37 Å². The smallest absolute Gasteiger partial charge is 0.262 e. The molecule has 0 spiro atoms. The Kier molecular flexibility index (Phi) is 3.72.